The third kappa shape index (κ3) is 6.12. The molecule has 3 N–H and O–H groups in total. The molecule has 2 aromatic carbocycles. The van der Waals surface area contributed by atoms with Gasteiger partial charge in [-0.1, -0.05) is 30.3 Å². The van der Waals surface area contributed by atoms with Gasteiger partial charge < -0.3 is 19.8 Å². The number of carbonyl (C=O) groups is 2. The van der Waals surface area contributed by atoms with Crippen molar-refractivity contribution in [3.05, 3.63) is 59.7 Å². The van der Waals surface area contributed by atoms with Crippen LogP contribution >= 0.6 is 0 Å². The summed E-state index contributed by atoms with van der Waals surface area (Å²) < 4.78 is 66.3. The zero-order chi connectivity index (χ0) is 21.7. The van der Waals surface area contributed by atoms with E-state index in [0.717, 1.165) is 17.7 Å². The van der Waals surface area contributed by atoms with E-state index in [1.54, 1.807) is 30.3 Å². The number of hydrogen-bond acceptors (Lipinski definition) is 8. The van der Waals surface area contributed by atoms with Gasteiger partial charge in [0.1, 0.15) is 6.61 Å². The number of benzene rings is 2. The highest BCUT2D eigenvalue weighted by Crippen LogP contribution is 2.23. The molecule has 0 aliphatic carbocycles. The second kappa shape index (κ2) is 8.84. The van der Waals surface area contributed by atoms with Crippen molar-refractivity contribution in [3.8, 4) is 0 Å². The molecule has 0 aliphatic heterocycles. The lowest BCUT2D eigenvalue weighted by Crippen LogP contribution is -2.34. The molecule has 0 spiro atoms. The van der Waals surface area contributed by atoms with Gasteiger partial charge in [-0.25, -0.2) is 18.0 Å². The summed E-state index contributed by atoms with van der Waals surface area (Å²) in [6.45, 7) is -1.93. The van der Waals surface area contributed by atoms with Crippen molar-refractivity contribution in [1.29, 1.82) is 0 Å². The van der Waals surface area contributed by atoms with Crippen LogP contribution in [0, 0.1) is 0 Å². The number of halogens is 2. The molecule has 0 fully saturated rings. The molecule has 12 heteroatoms. The second-order valence-corrected chi connectivity index (χ2v) is 7.16. The van der Waals surface area contributed by atoms with Crippen molar-refractivity contribution in [2.75, 3.05) is 17.7 Å². The number of anilines is 2. The van der Waals surface area contributed by atoms with Crippen LogP contribution in [0.3, 0.4) is 0 Å². The second-order valence-electron chi connectivity index (χ2n) is 5.66. The van der Waals surface area contributed by atoms with E-state index in [4.69, 9.17) is 10.5 Å². The van der Waals surface area contributed by atoms with Gasteiger partial charge in [0.2, 0.25) is 0 Å². The van der Waals surface area contributed by atoms with Crippen molar-refractivity contribution >= 4 is 33.6 Å². The monoisotopic (exact) mass is 429 g/mol. The number of ether oxygens (including phenoxy) is 2. The maximum Gasteiger partial charge on any atom is 0.412 e. The predicted molar refractivity (Wildman–Crippen MR) is 96.0 cm³/mol. The first kappa shape index (κ1) is 22.0. The molecule has 0 aromatic heterocycles. The fourth-order valence-corrected chi connectivity index (χ4v) is 2.18. The van der Waals surface area contributed by atoms with Gasteiger partial charge >= 0.3 is 17.3 Å². The number of alkyl halides is 2. The Morgan fingerprint density at radius 3 is 2.34 bits per heavy atom. The molecule has 0 heterocycles. The molecular weight excluding hydrogens is 414 g/mol. The van der Waals surface area contributed by atoms with Crippen LogP contribution in [0.25, 0.3) is 0 Å². The first-order valence-electron chi connectivity index (χ1n) is 7.87. The minimum atomic E-state index is -5.98. The van der Waals surface area contributed by atoms with Gasteiger partial charge in [0.05, 0.1) is 16.9 Å². The number of carbonyl (C=O) groups excluding carboxylic acids is 2. The molecule has 0 atom stereocenters. The topological polar surface area (TPSA) is 148 Å². The summed E-state index contributed by atoms with van der Waals surface area (Å²) in [6.07, 6.45) is -0.823. The van der Waals surface area contributed by atoms with Gasteiger partial charge in [-0.3, -0.25) is 5.32 Å². The van der Waals surface area contributed by atoms with Crippen LogP contribution in [0.5, 0.6) is 0 Å². The summed E-state index contributed by atoms with van der Waals surface area (Å²) in [5, 5.41) is -2.42. The highest BCUT2D eigenvalue weighted by Gasteiger charge is 2.39. The SMILES string of the molecule is Nc1cc(C(=O)OCC(F)(F)S(=O)(=O)[O-])ccc1NC(=O)OCc1ccccc1. The largest absolute Gasteiger partial charge is 0.743 e. The van der Waals surface area contributed by atoms with Gasteiger partial charge in [0.25, 0.3) is 0 Å². The Kier molecular flexibility index (Phi) is 6.72. The Bertz CT molecular complexity index is 998. The molecule has 9 nitrogen and oxygen atoms in total. The van der Waals surface area contributed by atoms with E-state index >= 15 is 0 Å². The average molecular weight is 429 g/mol. The number of nitrogen functional groups attached to an aromatic ring is 1. The highest BCUT2D eigenvalue weighted by atomic mass is 32.2. The van der Waals surface area contributed by atoms with E-state index in [2.05, 4.69) is 10.1 Å². The van der Waals surface area contributed by atoms with Gasteiger partial charge in [-0.05, 0) is 23.8 Å². The zero-order valence-corrected chi connectivity index (χ0v) is 15.4. The van der Waals surface area contributed by atoms with Crippen LogP contribution < -0.4 is 11.1 Å². The quantitative estimate of drug-likeness (QED) is 0.387. The lowest BCUT2D eigenvalue weighted by Gasteiger charge is -2.19. The molecule has 0 aliphatic rings. The minimum absolute atomic E-state index is 0.00776. The molecule has 0 saturated heterocycles. The molecule has 0 radical (unpaired) electrons. The van der Waals surface area contributed by atoms with E-state index < -0.39 is 34.0 Å². The van der Waals surface area contributed by atoms with Crippen LogP contribution in [-0.4, -0.2) is 36.9 Å². The summed E-state index contributed by atoms with van der Waals surface area (Å²) in [6, 6.07) is 12.2. The first-order chi connectivity index (χ1) is 13.5. The molecule has 156 valence electrons. The van der Waals surface area contributed by atoms with Crippen LogP contribution in [0.4, 0.5) is 25.0 Å². The predicted octanol–water partition coefficient (Wildman–Crippen LogP) is 2.31. The van der Waals surface area contributed by atoms with E-state index in [1.807, 2.05) is 0 Å². The maximum absolute atomic E-state index is 13.0. The summed E-state index contributed by atoms with van der Waals surface area (Å²) in [4.78, 5) is 23.6. The van der Waals surface area contributed by atoms with E-state index in [-0.39, 0.29) is 23.5 Å². The molecular formula is C17H15F2N2O7S-. The summed E-state index contributed by atoms with van der Waals surface area (Å²) in [5.74, 6) is -1.33. The summed E-state index contributed by atoms with van der Waals surface area (Å²) in [7, 11) is -5.98. The Balaban J connectivity index is 1.95. The average Bonchev–Trinajstić information content (AvgIpc) is 2.66. The normalized spacial score (nSPS) is 11.6. The number of hydrogen-bond donors (Lipinski definition) is 2. The third-order valence-corrected chi connectivity index (χ3v) is 4.32. The number of nitrogens with two attached hydrogens (primary N) is 1. The molecule has 2 aromatic rings. The number of esters is 1. The van der Waals surface area contributed by atoms with Crippen molar-refractivity contribution in [2.24, 2.45) is 0 Å². The zero-order valence-electron chi connectivity index (χ0n) is 14.6. The van der Waals surface area contributed by atoms with E-state index in [1.165, 1.54) is 6.07 Å². The Hall–Kier alpha value is -3.25. The Morgan fingerprint density at radius 1 is 1.10 bits per heavy atom. The Labute approximate surface area is 164 Å². The molecule has 0 unspecified atom stereocenters. The van der Waals surface area contributed by atoms with Crippen molar-refractivity contribution in [3.63, 3.8) is 0 Å². The van der Waals surface area contributed by atoms with Crippen LogP contribution in [0.2, 0.25) is 0 Å². The fourth-order valence-electron chi connectivity index (χ4n) is 1.98. The lowest BCUT2D eigenvalue weighted by molar-refractivity contribution is -0.00996. The minimum Gasteiger partial charge on any atom is -0.743 e. The summed E-state index contributed by atoms with van der Waals surface area (Å²) >= 11 is 0. The molecule has 2 rings (SSSR count). The van der Waals surface area contributed by atoms with E-state index in [9.17, 15) is 31.3 Å². The van der Waals surface area contributed by atoms with Gasteiger partial charge in [0.15, 0.2) is 16.7 Å². The lowest BCUT2D eigenvalue weighted by atomic mass is 10.2. The van der Waals surface area contributed by atoms with Gasteiger partial charge in [-0.15, -0.1) is 0 Å². The van der Waals surface area contributed by atoms with E-state index in [0.29, 0.717) is 0 Å². The van der Waals surface area contributed by atoms with Crippen LogP contribution in [0.1, 0.15) is 15.9 Å². The van der Waals surface area contributed by atoms with Crippen LogP contribution in [-0.2, 0) is 26.2 Å². The number of nitrogens with one attached hydrogen (secondary N) is 1. The molecule has 1 amide bonds. The van der Waals surface area contributed by atoms with Gasteiger partial charge in [-0.2, -0.15) is 8.78 Å². The molecule has 29 heavy (non-hydrogen) atoms. The Morgan fingerprint density at radius 2 is 1.76 bits per heavy atom. The summed E-state index contributed by atoms with van der Waals surface area (Å²) in [5.41, 5.74) is 6.11. The van der Waals surface area contributed by atoms with Gasteiger partial charge in [0, 0.05) is 0 Å². The number of amides is 1. The van der Waals surface area contributed by atoms with Crippen molar-refractivity contribution in [2.45, 2.75) is 11.9 Å². The smallest absolute Gasteiger partial charge is 0.412 e. The molecule has 0 saturated carbocycles. The maximum atomic E-state index is 13.0. The van der Waals surface area contributed by atoms with Crippen molar-refractivity contribution in [1.82, 2.24) is 0 Å². The highest BCUT2D eigenvalue weighted by molar-refractivity contribution is 7.86. The fraction of sp³-hybridized carbons (Fsp3) is 0.176. The number of rotatable bonds is 7. The van der Waals surface area contributed by atoms with Crippen LogP contribution in [0.15, 0.2) is 48.5 Å². The molecule has 0 bridgehead atoms. The third-order valence-electron chi connectivity index (χ3n) is 3.47. The first-order valence-corrected chi connectivity index (χ1v) is 9.28. The van der Waals surface area contributed by atoms with Crippen molar-refractivity contribution < 1.29 is 40.8 Å². The standard InChI is InChI=1S/C17H16F2N2O7S/c18-17(19,29(24,25)26)10-28-15(22)12-6-7-14(13(20)8-12)21-16(23)27-9-11-4-2-1-3-5-11/h1-8H,9-10,20H2,(H,21,23)(H,24,25,26)/p-1.